The van der Waals surface area contributed by atoms with Gasteiger partial charge in [0.15, 0.2) is 5.13 Å². The molecule has 2 fully saturated rings. The van der Waals surface area contributed by atoms with E-state index in [2.05, 4.69) is 14.6 Å². The van der Waals surface area contributed by atoms with Crippen LogP contribution in [0.3, 0.4) is 0 Å². The van der Waals surface area contributed by atoms with Crippen LogP contribution in [0.25, 0.3) is 0 Å². The third-order valence-electron chi connectivity index (χ3n) is 5.66. The number of halogens is 1. The van der Waals surface area contributed by atoms with E-state index in [1.807, 2.05) is 23.6 Å². The summed E-state index contributed by atoms with van der Waals surface area (Å²) < 4.78 is 9.46. The van der Waals surface area contributed by atoms with E-state index in [0.29, 0.717) is 5.02 Å². The van der Waals surface area contributed by atoms with Crippen molar-refractivity contribution in [3.05, 3.63) is 34.8 Å². The van der Waals surface area contributed by atoms with Crippen molar-refractivity contribution in [1.29, 1.82) is 0 Å². The predicted molar refractivity (Wildman–Crippen MR) is 120 cm³/mol. The fourth-order valence-corrected chi connectivity index (χ4v) is 5.69. The lowest BCUT2D eigenvalue weighted by atomic mass is 9.88. The molecule has 1 aromatic heterocycles. The van der Waals surface area contributed by atoms with Gasteiger partial charge in [0.05, 0.1) is 5.02 Å². The van der Waals surface area contributed by atoms with Gasteiger partial charge < -0.3 is 14.4 Å². The number of thiazole rings is 1. The van der Waals surface area contributed by atoms with Gasteiger partial charge in [-0.25, -0.2) is 4.98 Å². The van der Waals surface area contributed by atoms with E-state index in [-0.39, 0.29) is 6.10 Å². The second-order valence-electron chi connectivity index (χ2n) is 7.76. The number of likely N-dealkylation sites (tertiary alicyclic amines) is 1. The average Bonchev–Trinajstić information content (AvgIpc) is 3.24. The van der Waals surface area contributed by atoms with Gasteiger partial charge >= 0.3 is 0 Å². The maximum Gasteiger partial charge on any atom is 0.192 e. The van der Waals surface area contributed by atoms with Crippen LogP contribution < -0.4 is 9.46 Å². The van der Waals surface area contributed by atoms with Gasteiger partial charge in [-0.15, -0.1) is 11.3 Å². The Bertz CT molecular complexity index is 729. The summed E-state index contributed by atoms with van der Waals surface area (Å²) in [5, 5.41) is 3.52. The molecule has 28 heavy (non-hydrogen) atoms. The third kappa shape index (κ3) is 5.78. The number of aromatic nitrogens is 1. The lowest BCUT2D eigenvalue weighted by Gasteiger charge is -2.35. The summed E-state index contributed by atoms with van der Waals surface area (Å²) in [7, 11) is 0. The molecule has 0 radical (unpaired) electrons. The highest BCUT2D eigenvalue weighted by molar-refractivity contribution is 8.00. The molecule has 0 spiro atoms. The number of piperidine rings is 1. The Morgan fingerprint density at radius 2 is 2.00 bits per heavy atom. The molecule has 7 heteroatoms. The van der Waals surface area contributed by atoms with E-state index in [1.165, 1.54) is 50.6 Å². The van der Waals surface area contributed by atoms with Crippen molar-refractivity contribution in [2.45, 2.75) is 55.9 Å². The van der Waals surface area contributed by atoms with E-state index in [0.717, 1.165) is 47.6 Å². The maximum absolute atomic E-state index is 6.48. The van der Waals surface area contributed by atoms with Crippen LogP contribution in [0.1, 0.15) is 44.9 Å². The van der Waals surface area contributed by atoms with Crippen LogP contribution in [0.15, 0.2) is 34.7 Å². The molecule has 0 bridgehead atoms. The van der Waals surface area contributed by atoms with Gasteiger partial charge in [0.25, 0.3) is 0 Å². The first-order valence-corrected chi connectivity index (χ1v) is 12.3. The van der Waals surface area contributed by atoms with Gasteiger partial charge in [-0.3, -0.25) is 0 Å². The first kappa shape index (κ1) is 20.3. The van der Waals surface area contributed by atoms with E-state index in [9.17, 15) is 0 Å². The fourth-order valence-electron chi connectivity index (χ4n) is 4.14. The molecular weight excluding hydrogens is 410 g/mol. The molecule has 1 saturated heterocycles. The van der Waals surface area contributed by atoms with Crippen molar-refractivity contribution in [3.8, 4) is 5.75 Å². The minimum Gasteiger partial charge on any atom is -0.489 e. The molecule has 1 N–H and O–H groups in total. The lowest BCUT2D eigenvalue weighted by Crippen LogP contribution is -2.40. The van der Waals surface area contributed by atoms with Gasteiger partial charge in [-0.2, -0.15) is 0 Å². The van der Waals surface area contributed by atoms with E-state index >= 15 is 0 Å². The van der Waals surface area contributed by atoms with Crippen LogP contribution in [0.2, 0.25) is 5.02 Å². The molecule has 152 valence electrons. The third-order valence-corrected chi connectivity index (χ3v) is 7.56. The number of anilines is 1. The van der Waals surface area contributed by atoms with Crippen molar-refractivity contribution in [3.63, 3.8) is 0 Å². The van der Waals surface area contributed by atoms with E-state index in [1.54, 1.807) is 17.5 Å². The number of nitrogens with one attached hydrogen (secondary N) is 1. The van der Waals surface area contributed by atoms with Crippen molar-refractivity contribution in [2.24, 2.45) is 5.92 Å². The quantitative estimate of drug-likeness (QED) is 0.511. The summed E-state index contributed by atoms with van der Waals surface area (Å²) in [5.74, 6) is 1.72. The summed E-state index contributed by atoms with van der Waals surface area (Å²) in [4.78, 5) is 7.91. The van der Waals surface area contributed by atoms with Gasteiger partial charge in [0.1, 0.15) is 11.9 Å². The van der Waals surface area contributed by atoms with E-state index in [4.69, 9.17) is 16.3 Å². The molecule has 4 nitrogen and oxygen atoms in total. The molecule has 1 aromatic carbocycles. The van der Waals surface area contributed by atoms with Crippen LogP contribution in [0.4, 0.5) is 5.13 Å². The predicted octanol–water partition coefficient (Wildman–Crippen LogP) is 6.34. The maximum atomic E-state index is 6.48. The van der Waals surface area contributed by atoms with Crippen molar-refractivity contribution >= 4 is 40.0 Å². The summed E-state index contributed by atoms with van der Waals surface area (Å²) in [5.41, 5.74) is 0. The zero-order valence-electron chi connectivity index (χ0n) is 16.1. The molecular formula is C21H28ClN3OS2. The Hall–Kier alpha value is -0.950. The fraction of sp³-hybridized carbons (Fsp3) is 0.571. The number of ether oxygens (including phenoxy) is 1. The Labute approximate surface area is 181 Å². The zero-order chi connectivity index (χ0) is 19.2. The molecule has 1 aliphatic carbocycles. The number of benzene rings is 1. The zero-order valence-corrected chi connectivity index (χ0v) is 18.5. The smallest absolute Gasteiger partial charge is 0.192 e. The lowest BCUT2D eigenvalue weighted by molar-refractivity contribution is 0.0864. The van der Waals surface area contributed by atoms with Crippen molar-refractivity contribution in [2.75, 3.05) is 24.4 Å². The summed E-state index contributed by atoms with van der Waals surface area (Å²) in [6, 6.07) is 5.99. The molecule has 0 atom stereocenters. The highest BCUT2D eigenvalue weighted by atomic mass is 35.5. The molecule has 0 amide bonds. The molecule has 4 rings (SSSR count). The van der Waals surface area contributed by atoms with Gasteiger partial charge in [-0.1, -0.05) is 30.9 Å². The van der Waals surface area contributed by atoms with Gasteiger partial charge in [0, 0.05) is 36.1 Å². The van der Waals surface area contributed by atoms with Crippen LogP contribution in [-0.2, 0) is 0 Å². The summed E-state index contributed by atoms with van der Waals surface area (Å²) in [6.45, 7) is 3.57. The monoisotopic (exact) mass is 437 g/mol. The minimum atomic E-state index is 0.270. The number of nitrogens with zero attached hydrogens (tertiary/aromatic N) is 2. The molecule has 2 heterocycles. The van der Waals surface area contributed by atoms with Crippen LogP contribution in [0.5, 0.6) is 5.75 Å². The van der Waals surface area contributed by atoms with Crippen LogP contribution in [-0.4, -0.2) is 35.6 Å². The highest BCUT2D eigenvalue weighted by Crippen LogP contribution is 2.33. The average molecular weight is 438 g/mol. The number of rotatable bonds is 7. The van der Waals surface area contributed by atoms with Crippen molar-refractivity contribution < 1.29 is 4.74 Å². The Morgan fingerprint density at radius 1 is 1.18 bits per heavy atom. The van der Waals surface area contributed by atoms with Crippen LogP contribution >= 0.6 is 34.9 Å². The molecule has 2 aliphatic rings. The number of hydrogen-bond acceptors (Lipinski definition) is 6. The molecule has 0 unspecified atom stereocenters. The SMILES string of the molecule is Clc1cc(SNc2nccs2)ccc1OC1CCN(CC2CCCCC2)CC1. The van der Waals surface area contributed by atoms with Crippen LogP contribution in [0, 0.1) is 5.92 Å². The molecule has 1 saturated carbocycles. The Kier molecular flexibility index (Phi) is 7.40. The van der Waals surface area contributed by atoms with Crippen molar-refractivity contribution in [1.82, 2.24) is 9.88 Å². The Balaban J connectivity index is 1.23. The molecule has 2 aromatic rings. The first-order valence-electron chi connectivity index (χ1n) is 10.3. The minimum absolute atomic E-state index is 0.270. The first-order chi connectivity index (χ1) is 13.8. The second-order valence-corrected chi connectivity index (χ2v) is 9.94. The van der Waals surface area contributed by atoms with Gasteiger partial charge in [-0.05, 0) is 61.7 Å². The summed E-state index contributed by atoms with van der Waals surface area (Å²) in [6.07, 6.45) is 11.4. The standard InChI is InChI=1S/C21H28ClN3OS2/c22-19-14-18(28-24-21-23-10-13-27-21)6-7-20(19)26-17-8-11-25(12-9-17)15-16-4-2-1-3-5-16/h6-7,10,13-14,16-17H,1-5,8-9,11-12,15H2,(H,23,24). The molecule has 1 aliphatic heterocycles. The van der Waals surface area contributed by atoms with E-state index < -0.39 is 0 Å². The number of hydrogen-bond donors (Lipinski definition) is 1. The Morgan fingerprint density at radius 3 is 2.71 bits per heavy atom. The normalized spacial score (nSPS) is 19.6. The summed E-state index contributed by atoms with van der Waals surface area (Å²) >= 11 is 9.57. The largest absolute Gasteiger partial charge is 0.489 e. The van der Waals surface area contributed by atoms with Gasteiger partial charge in [0.2, 0.25) is 0 Å². The highest BCUT2D eigenvalue weighted by Gasteiger charge is 2.24. The topological polar surface area (TPSA) is 37.4 Å². The second kappa shape index (κ2) is 10.2.